The van der Waals surface area contributed by atoms with Gasteiger partial charge in [0.25, 0.3) is 0 Å². The van der Waals surface area contributed by atoms with Crippen molar-refractivity contribution in [3.05, 3.63) is 63.9 Å². The largest absolute Gasteiger partial charge is 0.369 e. The number of amides is 1. The Morgan fingerprint density at radius 2 is 1.83 bits per heavy atom. The highest BCUT2D eigenvalue weighted by atomic mass is 35.5. The molecule has 1 fully saturated rings. The summed E-state index contributed by atoms with van der Waals surface area (Å²) in [4.78, 5) is 20.1. The summed E-state index contributed by atoms with van der Waals surface area (Å²) in [5, 5.41) is 8.30. The van der Waals surface area contributed by atoms with Gasteiger partial charge in [-0.2, -0.15) is 0 Å². The number of hydrogen-bond acceptors (Lipinski definition) is 4. The molecule has 4 rings (SSSR count). The summed E-state index contributed by atoms with van der Waals surface area (Å²) in [6.45, 7) is 1.39. The van der Waals surface area contributed by atoms with Gasteiger partial charge >= 0.3 is 0 Å². The second kappa shape index (κ2) is 9.58. The van der Waals surface area contributed by atoms with Crippen LogP contribution in [0.5, 0.6) is 0 Å². The molecule has 5 nitrogen and oxygen atoms in total. The molecule has 1 aromatic heterocycles. The molecule has 0 bridgehead atoms. The smallest absolute Gasteiger partial charge is 0.223 e. The van der Waals surface area contributed by atoms with Gasteiger partial charge in [0.05, 0.1) is 5.52 Å². The Bertz CT molecular complexity index is 1070. The summed E-state index contributed by atoms with van der Waals surface area (Å²) in [7, 11) is 0. The molecule has 1 saturated carbocycles. The number of para-hydroxylation sites is 1. The van der Waals surface area contributed by atoms with Crippen LogP contribution < -0.4 is 10.6 Å². The first-order valence-corrected chi connectivity index (χ1v) is 11.1. The van der Waals surface area contributed by atoms with Crippen LogP contribution in [-0.4, -0.2) is 22.4 Å². The predicted octanol–water partition coefficient (Wildman–Crippen LogP) is 5.48. The molecule has 1 aliphatic carbocycles. The molecule has 0 atom stereocenters. The zero-order valence-corrected chi connectivity index (χ0v) is 18.2. The van der Waals surface area contributed by atoms with Gasteiger partial charge in [-0.15, -0.1) is 0 Å². The molecule has 1 heterocycles. The molecule has 156 valence electrons. The van der Waals surface area contributed by atoms with Crippen LogP contribution in [0.4, 0.5) is 5.82 Å². The van der Waals surface area contributed by atoms with Crippen LogP contribution in [0.15, 0.2) is 48.5 Å². The minimum absolute atomic E-state index is 0.0954. The molecule has 1 aliphatic rings. The van der Waals surface area contributed by atoms with Gasteiger partial charge in [-0.1, -0.05) is 35.9 Å². The van der Waals surface area contributed by atoms with Crippen LogP contribution in [0.1, 0.15) is 31.2 Å². The molecule has 0 aliphatic heterocycles. The number of benzene rings is 2. The Balaban J connectivity index is 1.26. The quantitative estimate of drug-likeness (QED) is 0.444. The number of carbonyl (C=O) groups excluding carboxylic acids is 1. The molecule has 30 heavy (non-hydrogen) atoms. The molecule has 3 N–H and O–H groups in total. The van der Waals surface area contributed by atoms with Crippen molar-refractivity contribution in [2.45, 2.75) is 32.2 Å². The number of nitrogens with one attached hydrogen (secondary N) is 3. The average Bonchev–Trinajstić information content (AvgIpc) is 2.77. The Hall–Kier alpha value is -2.44. The molecule has 3 aromatic rings. The summed E-state index contributed by atoms with van der Waals surface area (Å²) in [5.74, 6) is 1.61. The topological polar surface area (TPSA) is 69.8 Å². The fraction of sp³-hybridized carbons (Fsp3) is 0.348. The van der Waals surface area contributed by atoms with Gasteiger partial charge in [0, 0.05) is 29.4 Å². The first kappa shape index (κ1) is 20.8. The zero-order valence-electron chi connectivity index (χ0n) is 16.7. The Morgan fingerprint density at radius 1 is 1.10 bits per heavy atom. The summed E-state index contributed by atoms with van der Waals surface area (Å²) < 4.78 is 0.484. The van der Waals surface area contributed by atoms with E-state index >= 15 is 0 Å². The van der Waals surface area contributed by atoms with E-state index in [1.165, 1.54) is 0 Å². The SMILES string of the molecule is O=C(NCc1ccc(Cl)cc1)C1CCC(CNc2nc(=S)[nH]c3ccccc23)CC1. The fourth-order valence-electron chi connectivity index (χ4n) is 4.04. The van der Waals surface area contributed by atoms with E-state index in [1.54, 1.807) is 0 Å². The van der Waals surface area contributed by atoms with E-state index in [1.807, 2.05) is 48.5 Å². The molecular weight excluding hydrogens is 416 g/mol. The van der Waals surface area contributed by atoms with Crippen LogP contribution in [0.25, 0.3) is 10.9 Å². The number of carbonyl (C=O) groups is 1. The number of anilines is 1. The lowest BCUT2D eigenvalue weighted by molar-refractivity contribution is -0.126. The van der Waals surface area contributed by atoms with Gasteiger partial charge in [-0.3, -0.25) is 4.79 Å². The normalized spacial score (nSPS) is 18.8. The van der Waals surface area contributed by atoms with Crippen molar-refractivity contribution >= 4 is 46.4 Å². The van der Waals surface area contributed by atoms with Crippen molar-refractivity contribution < 1.29 is 4.79 Å². The van der Waals surface area contributed by atoms with Crippen molar-refractivity contribution in [1.82, 2.24) is 15.3 Å². The molecule has 0 saturated heterocycles. The molecular formula is C23H25ClN4OS. The number of hydrogen-bond donors (Lipinski definition) is 3. The molecule has 0 unspecified atom stereocenters. The number of nitrogens with zero attached hydrogens (tertiary/aromatic N) is 1. The van der Waals surface area contributed by atoms with E-state index < -0.39 is 0 Å². The van der Waals surface area contributed by atoms with Crippen LogP contribution >= 0.6 is 23.8 Å². The van der Waals surface area contributed by atoms with Crippen LogP contribution in [0.3, 0.4) is 0 Å². The maximum atomic E-state index is 12.5. The van der Waals surface area contributed by atoms with Gasteiger partial charge in [-0.05, 0) is 73.6 Å². The highest BCUT2D eigenvalue weighted by Gasteiger charge is 2.26. The van der Waals surface area contributed by atoms with Crippen molar-refractivity contribution in [3.8, 4) is 0 Å². The Morgan fingerprint density at radius 3 is 2.60 bits per heavy atom. The predicted molar refractivity (Wildman–Crippen MR) is 124 cm³/mol. The summed E-state index contributed by atoms with van der Waals surface area (Å²) in [6.07, 6.45) is 3.90. The summed E-state index contributed by atoms with van der Waals surface area (Å²) >= 11 is 11.2. The Kier molecular flexibility index (Phi) is 6.65. The van der Waals surface area contributed by atoms with E-state index in [0.29, 0.717) is 22.3 Å². The average molecular weight is 441 g/mol. The minimum Gasteiger partial charge on any atom is -0.369 e. The van der Waals surface area contributed by atoms with E-state index in [9.17, 15) is 4.79 Å². The maximum Gasteiger partial charge on any atom is 0.223 e. The van der Waals surface area contributed by atoms with Gasteiger partial charge < -0.3 is 15.6 Å². The van der Waals surface area contributed by atoms with E-state index in [2.05, 4.69) is 20.6 Å². The number of aromatic nitrogens is 2. The molecule has 1 amide bonds. The number of H-pyrrole nitrogens is 1. The summed E-state index contributed by atoms with van der Waals surface area (Å²) in [5.41, 5.74) is 2.05. The van der Waals surface area contributed by atoms with Gasteiger partial charge in [-0.25, -0.2) is 4.98 Å². The third-order valence-corrected chi connectivity index (χ3v) is 6.24. The third kappa shape index (κ3) is 5.18. The minimum atomic E-state index is 0.0954. The fourth-order valence-corrected chi connectivity index (χ4v) is 4.37. The Labute approximate surface area is 186 Å². The lowest BCUT2D eigenvalue weighted by atomic mass is 9.81. The lowest BCUT2D eigenvalue weighted by Crippen LogP contribution is -2.33. The maximum absolute atomic E-state index is 12.5. The highest BCUT2D eigenvalue weighted by Crippen LogP contribution is 2.30. The second-order valence-corrected chi connectivity index (χ2v) is 8.70. The van der Waals surface area contributed by atoms with Crippen LogP contribution in [0, 0.1) is 16.6 Å². The van der Waals surface area contributed by atoms with Crippen molar-refractivity contribution in [2.75, 3.05) is 11.9 Å². The molecule has 0 radical (unpaired) electrons. The van der Waals surface area contributed by atoms with Gasteiger partial charge in [0.1, 0.15) is 5.82 Å². The van der Waals surface area contributed by atoms with E-state index in [0.717, 1.165) is 54.5 Å². The highest BCUT2D eigenvalue weighted by molar-refractivity contribution is 7.71. The first-order valence-electron chi connectivity index (χ1n) is 10.3. The third-order valence-electron chi connectivity index (χ3n) is 5.79. The number of aromatic amines is 1. The van der Waals surface area contributed by atoms with Gasteiger partial charge in [0.15, 0.2) is 4.77 Å². The van der Waals surface area contributed by atoms with Crippen molar-refractivity contribution in [1.29, 1.82) is 0 Å². The van der Waals surface area contributed by atoms with E-state index in [-0.39, 0.29) is 11.8 Å². The number of halogens is 1. The number of rotatable bonds is 6. The molecule has 0 spiro atoms. The standard InChI is InChI=1S/C23H25ClN4OS/c24-18-11-7-16(8-12-18)14-26-22(29)17-9-5-15(6-10-17)13-25-21-19-3-1-2-4-20(19)27-23(30)28-21/h1-4,7-8,11-12,15,17H,5-6,9-10,13-14H2,(H,26,29)(H2,25,27,28,30). The first-order chi connectivity index (χ1) is 14.6. The zero-order chi connectivity index (χ0) is 20.9. The molecule has 2 aromatic carbocycles. The van der Waals surface area contributed by atoms with Gasteiger partial charge in [0.2, 0.25) is 5.91 Å². The van der Waals surface area contributed by atoms with Crippen LogP contribution in [-0.2, 0) is 11.3 Å². The van der Waals surface area contributed by atoms with E-state index in [4.69, 9.17) is 23.8 Å². The lowest BCUT2D eigenvalue weighted by Gasteiger charge is -2.28. The van der Waals surface area contributed by atoms with Crippen molar-refractivity contribution in [2.24, 2.45) is 11.8 Å². The summed E-state index contributed by atoms with van der Waals surface area (Å²) in [6, 6.07) is 15.6. The molecule has 7 heteroatoms. The van der Waals surface area contributed by atoms with Crippen LogP contribution in [0.2, 0.25) is 5.02 Å². The number of fused-ring (bicyclic) bond motifs is 1. The second-order valence-electron chi connectivity index (χ2n) is 7.88. The van der Waals surface area contributed by atoms with Crippen molar-refractivity contribution in [3.63, 3.8) is 0 Å². The monoisotopic (exact) mass is 440 g/mol.